The Morgan fingerprint density at radius 3 is 2.80 bits per heavy atom. The van der Waals surface area contributed by atoms with Crippen molar-refractivity contribution in [3.05, 3.63) is 48.1 Å². The number of aromatic amines is 1. The van der Waals surface area contributed by atoms with Gasteiger partial charge in [0.2, 0.25) is 0 Å². The monoisotopic (exact) mass is 202 g/mol. The molecule has 1 N–H and O–H groups in total. The Morgan fingerprint density at radius 2 is 2.33 bits per heavy atom. The first-order valence-corrected chi connectivity index (χ1v) is 5.22. The van der Waals surface area contributed by atoms with Gasteiger partial charge in [0.15, 0.2) is 0 Å². The van der Waals surface area contributed by atoms with Crippen molar-refractivity contribution >= 4 is 5.57 Å². The summed E-state index contributed by atoms with van der Waals surface area (Å²) >= 11 is 0. The maximum Gasteiger partial charge on any atom is 0.106 e. The number of rotatable bonds is 4. The fourth-order valence-corrected chi connectivity index (χ4v) is 1.31. The molecule has 2 nitrogen and oxygen atoms in total. The van der Waals surface area contributed by atoms with Crippen molar-refractivity contribution in [2.24, 2.45) is 0 Å². The van der Waals surface area contributed by atoms with Crippen molar-refractivity contribution in [2.45, 2.75) is 27.2 Å². The lowest BCUT2D eigenvalue weighted by Gasteiger charge is -1.98. The fraction of sp³-hybridized carbons (Fsp3) is 0.308. The van der Waals surface area contributed by atoms with E-state index in [-0.39, 0.29) is 0 Å². The SMILES string of the molecule is C=C/C(C)=C\C(=C/C)c1cnc(CC)[nH]1. The third kappa shape index (κ3) is 2.94. The summed E-state index contributed by atoms with van der Waals surface area (Å²) in [6, 6.07) is 0. The van der Waals surface area contributed by atoms with Crippen LogP contribution in [-0.4, -0.2) is 9.97 Å². The minimum Gasteiger partial charge on any atom is -0.342 e. The molecule has 0 aromatic carbocycles. The van der Waals surface area contributed by atoms with Gasteiger partial charge in [-0.1, -0.05) is 37.3 Å². The first-order chi connectivity index (χ1) is 7.21. The average molecular weight is 202 g/mol. The highest BCUT2D eigenvalue weighted by Gasteiger charge is 2.01. The van der Waals surface area contributed by atoms with Gasteiger partial charge in [-0.3, -0.25) is 0 Å². The Morgan fingerprint density at radius 1 is 1.60 bits per heavy atom. The Balaban J connectivity index is 2.98. The van der Waals surface area contributed by atoms with Crippen LogP contribution in [0.1, 0.15) is 32.3 Å². The van der Waals surface area contributed by atoms with E-state index in [1.807, 2.05) is 26.1 Å². The molecule has 1 aromatic rings. The Labute approximate surface area is 91.4 Å². The molecule has 15 heavy (non-hydrogen) atoms. The van der Waals surface area contributed by atoms with E-state index in [0.717, 1.165) is 29.1 Å². The molecular weight excluding hydrogens is 184 g/mol. The largest absolute Gasteiger partial charge is 0.342 e. The second kappa shape index (κ2) is 5.35. The molecule has 1 heterocycles. The van der Waals surface area contributed by atoms with Gasteiger partial charge in [0.05, 0.1) is 11.9 Å². The number of nitrogens with zero attached hydrogens (tertiary/aromatic N) is 1. The van der Waals surface area contributed by atoms with Gasteiger partial charge in [-0.15, -0.1) is 0 Å². The van der Waals surface area contributed by atoms with E-state index in [0.29, 0.717) is 0 Å². The summed E-state index contributed by atoms with van der Waals surface area (Å²) in [5.74, 6) is 1.02. The third-order valence-electron chi connectivity index (χ3n) is 2.29. The molecule has 0 aliphatic rings. The average Bonchev–Trinajstić information content (AvgIpc) is 2.73. The molecular formula is C13H18N2. The van der Waals surface area contributed by atoms with E-state index in [1.54, 1.807) is 0 Å². The molecule has 0 aliphatic heterocycles. The number of H-pyrrole nitrogens is 1. The Bertz CT molecular complexity index is 394. The van der Waals surface area contributed by atoms with Crippen molar-refractivity contribution in [1.82, 2.24) is 9.97 Å². The van der Waals surface area contributed by atoms with Gasteiger partial charge < -0.3 is 4.98 Å². The molecule has 0 radical (unpaired) electrons. The standard InChI is InChI=1S/C13H18N2/c1-5-10(4)8-11(6-2)12-9-14-13(7-3)15-12/h5-6,8-9H,1,7H2,2-4H3,(H,14,15)/b10-8-,11-6+. The van der Waals surface area contributed by atoms with Crippen LogP contribution < -0.4 is 0 Å². The van der Waals surface area contributed by atoms with Crippen molar-refractivity contribution < 1.29 is 0 Å². The molecule has 0 saturated carbocycles. The molecule has 1 rings (SSSR count). The summed E-state index contributed by atoms with van der Waals surface area (Å²) < 4.78 is 0. The number of hydrogen-bond acceptors (Lipinski definition) is 1. The molecule has 0 bridgehead atoms. The summed E-state index contributed by atoms with van der Waals surface area (Å²) in [4.78, 5) is 7.57. The molecule has 80 valence electrons. The topological polar surface area (TPSA) is 28.7 Å². The van der Waals surface area contributed by atoms with Gasteiger partial charge in [0, 0.05) is 6.42 Å². The molecule has 0 atom stereocenters. The molecule has 0 fully saturated rings. The van der Waals surface area contributed by atoms with Gasteiger partial charge in [0.1, 0.15) is 5.82 Å². The lowest BCUT2D eigenvalue weighted by atomic mass is 10.1. The van der Waals surface area contributed by atoms with Crippen LogP contribution in [-0.2, 0) is 6.42 Å². The maximum atomic E-state index is 4.29. The predicted molar refractivity (Wildman–Crippen MR) is 65.6 cm³/mol. The zero-order valence-electron chi connectivity index (χ0n) is 9.67. The molecule has 0 aliphatic carbocycles. The van der Waals surface area contributed by atoms with Crippen LogP contribution in [0.3, 0.4) is 0 Å². The van der Waals surface area contributed by atoms with E-state index < -0.39 is 0 Å². The van der Waals surface area contributed by atoms with Gasteiger partial charge in [-0.2, -0.15) is 0 Å². The van der Waals surface area contributed by atoms with Crippen LogP contribution in [0.15, 0.2) is 36.6 Å². The predicted octanol–water partition coefficient (Wildman–Crippen LogP) is 3.51. The minimum absolute atomic E-state index is 0.932. The van der Waals surface area contributed by atoms with E-state index in [4.69, 9.17) is 0 Å². The first kappa shape index (κ1) is 11.5. The van der Waals surface area contributed by atoms with Crippen LogP contribution in [0.25, 0.3) is 5.57 Å². The zero-order chi connectivity index (χ0) is 11.3. The molecule has 0 amide bonds. The second-order valence-corrected chi connectivity index (χ2v) is 3.43. The van der Waals surface area contributed by atoms with Gasteiger partial charge in [-0.25, -0.2) is 4.98 Å². The summed E-state index contributed by atoms with van der Waals surface area (Å²) in [7, 11) is 0. The molecule has 1 aromatic heterocycles. The summed E-state index contributed by atoms with van der Waals surface area (Å²) in [6.45, 7) is 9.89. The Hall–Kier alpha value is -1.57. The van der Waals surface area contributed by atoms with Crippen LogP contribution in [0.4, 0.5) is 0 Å². The first-order valence-electron chi connectivity index (χ1n) is 5.22. The van der Waals surface area contributed by atoms with Crippen LogP contribution in [0, 0.1) is 0 Å². The van der Waals surface area contributed by atoms with E-state index in [1.165, 1.54) is 0 Å². The van der Waals surface area contributed by atoms with Gasteiger partial charge >= 0.3 is 0 Å². The van der Waals surface area contributed by atoms with E-state index >= 15 is 0 Å². The Kier molecular flexibility index (Phi) is 4.10. The van der Waals surface area contributed by atoms with Gasteiger partial charge in [0.25, 0.3) is 0 Å². The maximum absolute atomic E-state index is 4.29. The number of aryl methyl sites for hydroxylation is 1. The zero-order valence-corrected chi connectivity index (χ0v) is 9.67. The summed E-state index contributed by atoms with van der Waals surface area (Å²) in [5, 5.41) is 0. The fourth-order valence-electron chi connectivity index (χ4n) is 1.31. The van der Waals surface area contributed by atoms with E-state index in [9.17, 15) is 0 Å². The molecule has 0 saturated heterocycles. The second-order valence-electron chi connectivity index (χ2n) is 3.43. The highest BCUT2D eigenvalue weighted by atomic mass is 14.9. The summed E-state index contributed by atoms with van der Waals surface area (Å²) in [6.07, 6.45) is 8.82. The van der Waals surface area contributed by atoms with Gasteiger partial charge in [-0.05, 0) is 19.4 Å². The summed E-state index contributed by atoms with van der Waals surface area (Å²) in [5.41, 5.74) is 3.37. The lowest BCUT2D eigenvalue weighted by molar-refractivity contribution is 0.987. The van der Waals surface area contributed by atoms with Crippen molar-refractivity contribution in [3.8, 4) is 0 Å². The number of allylic oxidation sites excluding steroid dienone is 5. The highest BCUT2D eigenvalue weighted by Crippen LogP contribution is 2.16. The van der Waals surface area contributed by atoms with Crippen molar-refractivity contribution in [1.29, 1.82) is 0 Å². The lowest BCUT2D eigenvalue weighted by Crippen LogP contribution is -1.85. The van der Waals surface area contributed by atoms with Crippen molar-refractivity contribution in [3.63, 3.8) is 0 Å². The number of aromatic nitrogens is 2. The smallest absolute Gasteiger partial charge is 0.106 e. The van der Waals surface area contributed by atoms with Crippen LogP contribution in [0.5, 0.6) is 0 Å². The normalized spacial score (nSPS) is 13.0. The molecule has 0 spiro atoms. The molecule has 0 unspecified atom stereocenters. The number of imidazole rings is 1. The minimum atomic E-state index is 0.932. The third-order valence-corrected chi connectivity index (χ3v) is 2.29. The van der Waals surface area contributed by atoms with Crippen LogP contribution >= 0.6 is 0 Å². The van der Waals surface area contributed by atoms with Crippen molar-refractivity contribution in [2.75, 3.05) is 0 Å². The van der Waals surface area contributed by atoms with E-state index in [2.05, 4.69) is 35.6 Å². The number of hydrogen-bond donors (Lipinski definition) is 1. The quantitative estimate of drug-likeness (QED) is 0.744. The number of nitrogens with one attached hydrogen (secondary N) is 1. The van der Waals surface area contributed by atoms with Crippen LogP contribution in [0.2, 0.25) is 0 Å². The molecule has 2 heteroatoms. The highest BCUT2D eigenvalue weighted by molar-refractivity contribution is 5.72.